The number of amides is 2. The van der Waals surface area contributed by atoms with Gasteiger partial charge < -0.3 is 14.4 Å². The molecule has 0 unspecified atom stereocenters. The Kier molecular flexibility index (Phi) is 5.13. The number of carbonyl (C=O) groups excluding carboxylic acids is 1. The average Bonchev–Trinajstić information content (AvgIpc) is 3.00. The molecular formula is C14H19N3O4. The van der Waals surface area contributed by atoms with Crippen LogP contribution in [0.3, 0.4) is 0 Å². The molecule has 0 aliphatic carbocycles. The van der Waals surface area contributed by atoms with Gasteiger partial charge in [0.05, 0.1) is 25.5 Å². The van der Waals surface area contributed by atoms with Crippen LogP contribution in [0.15, 0.2) is 35.6 Å². The van der Waals surface area contributed by atoms with Crippen LogP contribution >= 0.6 is 0 Å². The third-order valence-corrected chi connectivity index (χ3v) is 3.16. The fourth-order valence-corrected chi connectivity index (χ4v) is 2.30. The fraction of sp³-hybridized carbons (Fsp3) is 0.429. The first-order chi connectivity index (χ1) is 10.2. The molecule has 0 radical (unpaired) electrons. The van der Waals surface area contributed by atoms with Gasteiger partial charge in [0, 0.05) is 12.1 Å². The van der Waals surface area contributed by atoms with E-state index in [1.165, 1.54) is 23.4 Å². The summed E-state index contributed by atoms with van der Waals surface area (Å²) >= 11 is 0. The van der Waals surface area contributed by atoms with E-state index in [2.05, 4.69) is 17.0 Å². The molecular weight excluding hydrogens is 274 g/mol. The van der Waals surface area contributed by atoms with E-state index in [0.717, 1.165) is 0 Å². The summed E-state index contributed by atoms with van der Waals surface area (Å²) in [4.78, 5) is 22.7. The van der Waals surface area contributed by atoms with Crippen molar-refractivity contribution in [1.82, 2.24) is 15.4 Å². The second-order valence-electron chi connectivity index (χ2n) is 4.79. The van der Waals surface area contributed by atoms with Crippen molar-refractivity contribution in [2.75, 3.05) is 19.8 Å². The van der Waals surface area contributed by atoms with Crippen molar-refractivity contribution in [2.24, 2.45) is 5.92 Å². The van der Waals surface area contributed by atoms with E-state index in [-0.39, 0.29) is 19.1 Å². The van der Waals surface area contributed by atoms with Crippen molar-refractivity contribution in [2.45, 2.75) is 13.0 Å². The lowest BCUT2D eigenvalue weighted by Crippen LogP contribution is -2.51. The maximum absolute atomic E-state index is 12.2. The Morgan fingerprint density at radius 3 is 3.19 bits per heavy atom. The minimum Gasteiger partial charge on any atom is -0.445 e. The summed E-state index contributed by atoms with van der Waals surface area (Å²) in [6.07, 6.45) is 6.48. The van der Waals surface area contributed by atoms with Crippen molar-refractivity contribution in [3.63, 3.8) is 0 Å². The van der Waals surface area contributed by atoms with E-state index in [4.69, 9.17) is 9.25 Å². The predicted molar refractivity (Wildman–Crippen MR) is 75.9 cm³/mol. The largest absolute Gasteiger partial charge is 0.445 e. The van der Waals surface area contributed by atoms with Crippen LogP contribution in [0.25, 0.3) is 5.57 Å². The van der Waals surface area contributed by atoms with Crippen LogP contribution in [-0.2, 0) is 4.84 Å². The van der Waals surface area contributed by atoms with E-state index in [0.29, 0.717) is 18.0 Å². The predicted octanol–water partition coefficient (Wildman–Crippen LogP) is 1.20. The standard InChI is InChI=1S/C14H19N3O4/c1-3-5-21-16-14(19)17-8-10(2)7-11(12(17)9-18)13-15-4-6-20-13/h3-4,6-7,10,12,18H,1,5,8-9H2,2H3,(H,16,19)/t10-,12+/m0/s1. The van der Waals surface area contributed by atoms with Crippen molar-refractivity contribution in [3.8, 4) is 0 Å². The van der Waals surface area contributed by atoms with Gasteiger partial charge in [0.25, 0.3) is 0 Å². The lowest BCUT2D eigenvalue weighted by Gasteiger charge is -2.36. The monoisotopic (exact) mass is 293 g/mol. The molecule has 0 aromatic carbocycles. The van der Waals surface area contributed by atoms with Crippen molar-refractivity contribution in [3.05, 3.63) is 37.1 Å². The third-order valence-electron chi connectivity index (χ3n) is 3.16. The minimum atomic E-state index is -0.521. The molecule has 1 aliphatic rings. The number of nitrogens with zero attached hydrogens (tertiary/aromatic N) is 2. The molecule has 1 aromatic heterocycles. The Morgan fingerprint density at radius 1 is 1.76 bits per heavy atom. The maximum Gasteiger partial charge on any atom is 0.341 e. The van der Waals surface area contributed by atoms with Gasteiger partial charge >= 0.3 is 6.03 Å². The van der Waals surface area contributed by atoms with Crippen molar-refractivity contribution < 1.29 is 19.2 Å². The molecule has 2 N–H and O–H groups in total. The van der Waals surface area contributed by atoms with Gasteiger partial charge in [0.2, 0.25) is 5.89 Å². The summed E-state index contributed by atoms with van der Waals surface area (Å²) in [7, 11) is 0. The van der Waals surface area contributed by atoms with Gasteiger partial charge in [-0.25, -0.2) is 15.3 Å². The number of carbonyl (C=O) groups is 1. The van der Waals surface area contributed by atoms with Crippen LogP contribution in [-0.4, -0.2) is 46.8 Å². The first-order valence-electron chi connectivity index (χ1n) is 6.69. The number of hydrogen-bond donors (Lipinski definition) is 2. The number of nitrogens with one attached hydrogen (secondary N) is 1. The van der Waals surface area contributed by atoms with Gasteiger partial charge in [-0.1, -0.05) is 19.1 Å². The van der Waals surface area contributed by atoms with E-state index < -0.39 is 12.1 Å². The summed E-state index contributed by atoms with van der Waals surface area (Å²) in [5.41, 5.74) is 3.02. The topological polar surface area (TPSA) is 87.8 Å². The summed E-state index contributed by atoms with van der Waals surface area (Å²) in [6.45, 7) is 5.93. The van der Waals surface area contributed by atoms with Gasteiger partial charge in [-0.3, -0.25) is 4.84 Å². The molecule has 0 saturated heterocycles. The molecule has 1 aliphatic heterocycles. The zero-order chi connectivity index (χ0) is 15.2. The molecule has 0 fully saturated rings. The molecule has 2 heterocycles. The molecule has 2 amide bonds. The first-order valence-corrected chi connectivity index (χ1v) is 6.69. The Balaban J connectivity index is 2.17. The highest BCUT2D eigenvalue weighted by Gasteiger charge is 2.34. The van der Waals surface area contributed by atoms with Crippen LogP contribution in [0, 0.1) is 5.92 Å². The molecule has 114 valence electrons. The number of hydroxylamine groups is 1. The molecule has 21 heavy (non-hydrogen) atoms. The van der Waals surface area contributed by atoms with E-state index in [9.17, 15) is 9.90 Å². The van der Waals surface area contributed by atoms with Crippen LogP contribution in [0.1, 0.15) is 12.8 Å². The van der Waals surface area contributed by atoms with Crippen LogP contribution in [0.5, 0.6) is 0 Å². The van der Waals surface area contributed by atoms with E-state index >= 15 is 0 Å². The highest BCUT2D eigenvalue weighted by Crippen LogP contribution is 2.28. The summed E-state index contributed by atoms with van der Waals surface area (Å²) < 4.78 is 5.29. The highest BCUT2D eigenvalue weighted by molar-refractivity contribution is 5.78. The van der Waals surface area contributed by atoms with Crippen molar-refractivity contribution >= 4 is 11.6 Å². The number of aromatic nitrogens is 1. The summed E-state index contributed by atoms with van der Waals surface area (Å²) in [5, 5.41) is 9.65. The number of oxazole rings is 1. The van der Waals surface area contributed by atoms with Crippen LogP contribution < -0.4 is 5.48 Å². The SMILES string of the molecule is C=CCONC(=O)N1C[C@@H](C)C=C(c2ncco2)[C@H]1CO. The quantitative estimate of drug-likeness (QED) is 0.484. The van der Waals surface area contributed by atoms with E-state index in [1.807, 2.05) is 13.0 Å². The Morgan fingerprint density at radius 2 is 2.57 bits per heavy atom. The van der Waals surface area contributed by atoms with Gasteiger partial charge in [-0.15, -0.1) is 6.58 Å². The lowest BCUT2D eigenvalue weighted by molar-refractivity contribution is 0.0541. The molecule has 0 saturated carbocycles. The lowest BCUT2D eigenvalue weighted by atomic mass is 9.94. The minimum absolute atomic E-state index is 0.111. The molecule has 0 bridgehead atoms. The Bertz CT molecular complexity index is 512. The summed E-state index contributed by atoms with van der Waals surface area (Å²) in [5.74, 6) is 0.519. The third kappa shape index (κ3) is 3.50. The fourth-order valence-electron chi connectivity index (χ4n) is 2.30. The van der Waals surface area contributed by atoms with E-state index in [1.54, 1.807) is 0 Å². The van der Waals surface area contributed by atoms with Crippen molar-refractivity contribution in [1.29, 1.82) is 0 Å². The number of aliphatic hydroxyl groups is 1. The normalized spacial score (nSPS) is 21.8. The Labute approximate surface area is 122 Å². The molecule has 0 spiro atoms. The number of rotatable bonds is 5. The maximum atomic E-state index is 12.2. The second-order valence-corrected chi connectivity index (χ2v) is 4.79. The van der Waals surface area contributed by atoms with Gasteiger partial charge in [0.1, 0.15) is 6.26 Å². The zero-order valence-electron chi connectivity index (χ0n) is 11.9. The number of urea groups is 1. The van der Waals surface area contributed by atoms with Gasteiger partial charge in [0.15, 0.2) is 0 Å². The smallest absolute Gasteiger partial charge is 0.341 e. The number of aliphatic hydroxyl groups excluding tert-OH is 1. The number of hydrogen-bond acceptors (Lipinski definition) is 5. The molecule has 1 aromatic rings. The van der Waals surface area contributed by atoms with Crippen LogP contribution in [0.4, 0.5) is 4.79 Å². The molecule has 2 atom stereocenters. The van der Waals surface area contributed by atoms with Gasteiger partial charge in [-0.05, 0) is 5.92 Å². The van der Waals surface area contributed by atoms with Crippen LogP contribution in [0.2, 0.25) is 0 Å². The first kappa shape index (κ1) is 15.3. The summed E-state index contributed by atoms with van der Waals surface area (Å²) in [6, 6.07) is -0.938. The molecule has 7 nitrogen and oxygen atoms in total. The Hall–Kier alpha value is -2.12. The second kappa shape index (κ2) is 7.05. The molecule has 7 heteroatoms. The zero-order valence-corrected chi connectivity index (χ0v) is 11.9. The van der Waals surface area contributed by atoms with Gasteiger partial charge in [-0.2, -0.15) is 0 Å². The highest BCUT2D eigenvalue weighted by atomic mass is 16.7. The average molecular weight is 293 g/mol. The molecule has 2 rings (SSSR count).